The quantitative estimate of drug-likeness (QED) is 0.785. The highest BCUT2D eigenvalue weighted by atomic mass is 79.9. The van der Waals surface area contributed by atoms with Gasteiger partial charge in [-0.1, -0.05) is 6.07 Å². The van der Waals surface area contributed by atoms with E-state index in [1.54, 1.807) is 34.1 Å². The van der Waals surface area contributed by atoms with E-state index in [1.807, 2.05) is 17.5 Å². The Morgan fingerprint density at radius 2 is 2.22 bits per heavy atom. The lowest BCUT2D eigenvalue weighted by Crippen LogP contribution is -1.99. The molecule has 90 valence electrons. The fraction of sp³-hybridized carbons (Fsp3) is 0. The largest absolute Gasteiger partial charge is 0.478 e. The number of carbonyl (C=O) groups is 1. The summed E-state index contributed by atoms with van der Waals surface area (Å²) < 4.78 is 2.50. The lowest BCUT2D eigenvalue weighted by Gasteiger charge is -2.00. The third kappa shape index (κ3) is 1.74. The highest BCUT2D eigenvalue weighted by molar-refractivity contribution is 9.10. The monoisotopic (exact) mass is 322 g/mol. The Labute approximate surface area is 115 Å². The van der Waals surface area contributed by atoms with Gasteiger partial charge in [-0.15, -0.1) is 11.3 Å². The Kier molecular flexibility index (Phi) is 2.68. The maximum absolute atomic E-state index is 11.0. The minimum absolute atomic E-state index is 0.241. The number of aromatic carboxylic acids is 1. The smallest absolute Gasteiger partial charge is 0.337 e. The van der Waals surface area contributed by atoms with Crippen molar-refractivity contribution in [2.45, 2.75) is 0 Å². The van der Waals surface area contributed by atoms with Gasteiger partial charge in [-0.25, -0.2) is 9.78 Å². The van der Waals surface area contributed by atoms with Crippen molar-refractivity contribution in [3.05, 3.63) is 46.0 Å². The number of hydrogen-bond acceptors (Lipinski definition) is 3. The average molecular weight is 323 g/mol. The molecule has 6 heteroatoms. The van der Waals surface area contributed by atoms with Crippen LogP contribution in [0.15, 0.2) is 40.4 Å². The van der Waals surface area contributed by atoms with Gasteiger partial charge in [0.1, 0.15) is 4.60 Å². The molecule has 0 bridgehead atoms. The van der Waals surface area contributed by atoms with E-state index in [-0.39, 0.29) is 5.56 Å². The number of imidazole rings is 1. The van der Waals surface area contributed by atoms with Gasteiger partial charge in [-0.3, -0.25) is 4.40 Å². The van der Waals surface area contributed by atoms with Crippen molar-refractivity contribution in [2.24, 2.45) is 0 Å². The van der Waals surface area contributed by atoms with Crippen LogP contribution in [0.1, 0.15) is 10.4 Å². The molecule has 18 heavy (non-hydrogen) atoms. The van der Waals surface area contributed by atoms with Crippen LogP contribution in [0.5, 0.6) is 0 Å². The molecule has 0 spiro atoms. The molecule has 3 rings (SSSR count). The number of hydrogen-bond donors (Lipinski definition) is 1. The zero-order valence-corrected chi connectivity index (χ0v) is 11.4. The number of carboxylic acid groups (broad SMARTS) is 1. The van der Waals surface area contributed by atoms with E-state index in [1.165, 1.54) is 0 Å². The van der Waals surface area contributed by atoms with Gasteiger partial charge < -0.3 is 5.11 Å². The second kappa shape index (κ2) is 4.22. The van der Waals surface area contributed by atoms with Crippen LogP contribution in [0.4, 0.5) is 0 Å². The molecule has 0 amide bonds. The Bertz CT molecular complexity index is 734. The second-order valence-electron chi connectivity index (χ2n) is 3.68. The molecule has 4 nitrogen and oxygen atoms in total. The first-order chi connectivity index (χ1) is 8.66. The molecule has 0 unspecified atom stereocenters. The summed E-state index contributed by atoms with van der Waals surface area (Å²) in [5.74, 6) is -0.200. The van der Waals surface area contributed by atoms with Crippen LogP contribution in [-0.2, 0) is 0 Å². The molecule has 3 aromatic rings. The lowest BCUT2D eigenvalue weighted by molar-refractivity contribution is 0.0696. The summed E-state index contributed by atoms with van der Waals surface area (Å²) in [5.41, 5.74) is 1.09. The third-order valence-corrected chi connectivity index (χ3v) is 4.03. The first kappa shape index (κ1) is 11.4. The number of fused-ring (bicyclic) bond motifs is 1. The van der Waals surface area contributed by atoms with E-state index >= 15 is 0 Å². The molecule has 0 aromatic carbocycles. The molecule has 0 aliphatic heterocycles. The SMILES string of the molecule is O=C(O)c1ccc2c(Br)nc(-c3cccs3)n2c1. The van der Waals surface area contributed by atoms with Crippen LogP contribution in [0.3, 0.4) is 0 Å². The first-order valence-corrected chi connectivity index (χ1v) is 6.79. The van der Waals surface area contributed by atoms with E-state index in [0.717, 1.165) is 16.2 Å². The van der Waals surface area contributed by atoms with Crippen molar-refractivity contribution >= 4 is 38.8 Å². The summed E-state index contributed by atoms with van der Waals surface area (Å²) in [5, 5.41) is 11.0. The Balaban J connectivity index is 2.32. The van der Waals surface area contributed by atoms with Gasteiger partial charge in [0.2, 0.25) is 0 Å². The lowest BCUT2D eigenvalue weighted by atomic mass is 10.3. The van der Waals surface area contributed by atoms with Crippen molar-refractivity contribution in [3.63, 3.8) is 0 Å². The maximum atomic E-state index is 11.0. The van der Waals surface area contributed by atoms with Crippen molar-refractivity contribution in [1.29, 1.82) is 0 Å². The van der Waals surface area contributed by atoms with Crippen molar-refractivity contribution in [3.8, 4) is 10.7 Å². The molecule has 3 heterocycles. The van der Waals surface area contributed by atoms with E-state index in [2.05, 4.69) is 20.9 Å². The van der Waals surface area contributed by atoms with Crippen LogP contribution in [0, 0.1) is 0 Å². The van der Waals surface area contributed by atoms with Gasteiger partial charge in [0.15, 0.2) is 5.82 Å². The van der Waals surface area contributed by atoms with Crippen LogP contribution >= 0.6 is 27.3 Å². The molecule has 0 radical (unpaired) electrons. The van der Waals surface area contributed by atoms with Gasteiger partial charge in [0, 0.05) is 6.20 Å². The fourth-order valence-corrected chi connectivity index (χ4v) is 2.96. The van der Waals surface area contributed by atoms with Crippen molar-refractivity contribution < 1.29 is 9.90 Å². The first-order valence-electron chi connectivity index (χ1n) is 5.11. The fourth-order valence-electron chi connectivity index (χ4n) is 1.75. The van der Waals surface area contributed by atoms with E-state index < -0.39 is 5.97 Å². The summed E-state index contributed by atoms with van der Waals surface area (Å²) in [6.07, 6.45) is 1.59. The maximum Gasteiger partial charge on any atom is 0.337 e. The summed E-state index contributed by atoms with van der Waals surface area (Å²) >= 11 is 4.96. The van der Waals surface area contributed by atoms with Gasteiger partial charge in [-0.05, 0) is 39.5 Å². The van der Waals surface area contributed by atoms with Crippen molar-refractivity contribution in [1.82, 2.24) is 9.38 Å². The Morgan fingerprint density at radius 3 is 2.89 bits per heavy atom. The van der Waals surface area contributed by atoms with Crippen LogP contribution < -0.4 is 0 Å². The molecule has 0 fully saturated rings. The van der Waals surface area contributed by atoms with Crippen molar-refractivity contribution in [2.75, 3.05) is 0 Å². The van der Waals surface area contributed by atoms with Crippen LogP contribution in [0.2, 0.25) is 0 Å². The molecule has 0 saturated carbocycles. The number of carboxylic acids is 1. The number of aromatic nitrogens is 2. The summed E-state index contributed by atoms with van der Waals surface area (Å²) in [7, 11) is 0. The predicted molar refractivity (Wildman–Crippen MR) is 73.2 cm³/mol. The van der Waals surface area contributed by atoms with Gasteiger partial charge >= 0.3 is 5.97 Å². The molecule has 0 aliphatic rings. The molecular formula is C12H7BrN2O2S. The molecule has 0 aliphatic carbocycles. The molecule has 0 saturated heterocycles. The average Bonchev–Trinajstić information content (AvgIpc) is 2.97. The highest BCUT2D eigenvalue weighted by Crippen LogP contribution is 2.29. The standard InChI is InChI=1S/C12H7BrN2O2S/c13-10-8-4-3-7(12(16)17)6-15(8)11(14-10)9-2-1-5-18-9/h1-6H,(H,16,17). The van der Waals surface area contributed by atoms with Crippen LogP contribution in [0.25, 0.3) is 16.2 Å². The Hall–Kier alpha value is -1.66. The summed E-state index contributed by atoms with van der Waals surface area (Å²) in [6.45, 7) is 0. The third-order valence-electron chi connectivity index (χ3n) is 2.58. The zero-order chi connectivity index (χ0) is 12.7. The molecule has 3 aromatic heterocycles. The number of thiophene rings is 1. The Morgan fingerprint density at radius 1 is 1.39 bits per heavy atom. The minimum Gasteiger partial charge on any atom is -0.478 e. The zero-order valence-electron chi connectivity index (χ0n) is 9.00. The summed E-state index contributed by atoms with van der Waals surface area (Å²) in [4.78, 5) is 16.4. The number of halogens is 1. The molecular weight excluding hydrogens is 316 g/mol. The minimum atomic E-state index is -0.946. The number of rotatable bonds is 2. The number of pyridine rings is 1. The highest BCUT2D eigenvalue weighted by Gasteiger charge is 2.13. The van der Waals surface area contributed by atoms with E-state index in [4.69, 9.17) is 5.11 Å². The summed E-state index contributed by atoms with van der Waals surface area (Å²) in [6, 6.07) is 7.22. The van der Waals surface area contributed by atoms with E-state index in [0.29, 0.717) is 4.60 Å². The van der Waals surface area contributed by atoms with Gasteiger partial charge in [-0.2, -0.15) is 0 Å². The topological polar surface area (TPSA) is 54.6 Å². The number of nitrogens with zero attached hydrogens (tertiary/aromatic N) is 2. The molecule has 0 atom stereocenters. The predicted octanol–water partition coefficient (Wildman–Crippen LogP) is 3.52. The second-order valence-corrected chi connectivity index (χ2v) is 5.38. The van der Waals surface area contributed by atoms with Gasteiger partial charge in [0.05, 0.1) is 16.0 Å². The van der Waals surface area contributed by atoms with E-state index in [9.17, 15) is 4.79 Å². The normalized spacial score (nSPS) is 10.9. The van der Waals surface area contributed by atoms with Crippen LogP contribution in [-0.4, -0.2) is 20.5 Å². The van der Waals surface area contributed by atoms with Gasteiger partial charge in [0.25, 0.3) is 0 Å². The molecule has 1 N–H and O–H groups in total.